The third-order valence-corrected chi connectivity index (χ3v) is 3.77. The summed E-state index contributed by atoms with van der Waals surface area (Å²) in [7, 11) is 1.98. The first-order valence-corrected chi connectivity index (χ1v) is 8.68. The second-order valence-electron chi connectivity index (χ2n) is 6.31. The van der Waals surface area contributed by atoms with Gasteiger partial charge in [-0.2, -0.15) is 0 Å². The Balaban J connectivity index is 1.92. The summed E-state index contributed by atoms with van der Waals surface area (Å²) in [6.07, 6.45) is 0. The molecule has 26 heavy (non-hydrogen) atoms. The zero-order chi connectivity index (χ0) is 18.9. The van der Waals surface area contributed by atoms with Crippen LogP contribution >= 0.6 is 0 Å². The lowest BCUT2D eigenvalue weighted by Gasteiger charge is -2.19. The molecule has 0 fully saturated rings. The molecular formula is C20H26N4O2. The highest BCUT2D eigenvalue weighted by Crippen LogP contribution is 2.15. The molecule has 3 amide bonds. The second kappa shape index (κ2) is 9.46. The van der Waals surface area contributed by atoms with Crippen LogP contribution in [0.3, 0.4) is 0 Å². The Kier molecular flexibility index (Phi) is 7.02. The molecule has 138 valence electrons. The number of amides is 3. The van der Waals surface area contributed by atoms with E-state index >= 15 is 0 Å². The predicted molar refractivity (Wildman–Crippen MR) is 106 cm³/mol. The number of urea groups is 1. The van der Waals surface area contributed by atoms with E-state index in [9.17, 15) is 9.59 Å². The number of nitrogens with zero attached hydrogens (tertiary/aromatic N) is 1. The number of carbonyl (C=O) groups is 2. The Morgan fingerprint density at radius 2 is 1.65 bits per heavy atom. The van der Waals surface area contributed by atoms with Crippen molar-refractivity contribution in [3.05, 3.63) is 60.2 Å². The zero-order valence-electron chi connectivity index (χ0n) is 15.5. The number of benzene rings is 2. The summed E-state index contributed by atoms with van der Waals surface area (Å²) in [6, 6.07) is 16.6. The van der Waals surface area contributed by atoms with Gasteiger partial charge in [0.2, 0.25) is 0 Å². The molecule has 0 aliphatic heterocycles. The van der Waals surface area contributed by atoms with Crippen molar-refractivity contribution >= 4 is 23.3 Å². The van der Waals surface area contributed by atoms with E-state index in [4.69, 9.17) is 0 Å². The number of likely N-dealkylation sites (N-methyl/N-ethyl adjacent to an activating group) is 1. The monoisotopic (exact) mass is 354 g/mol. The standard InChI is InChI=1S/C20H26N4O2/c1-15(2)22-20(26)23-18-12-8-7-11-17(18)19(25)21-13-14-24(3)16-9-5-4-6-10-16/h4-12,15H,13-14H2,1-3H3,(H,21,25)(H2,22,23,26). The van der Waals surface area contributed by atoms with Crippen molar-refractivity contribution in [1.29, 1.82) is 0 Å². The number of para-hydroxylation sites is 2. The van der Waals surface area contributed by atoms with Crippen molar-refractivity contribution < 1.29 is 9.59 Å². The number of hydrogen-bond donors (Lipinski definition) is 3. The smallest absolute Gasteiger partial charge is 0.319 e. The van der Waals surface area contributed by atoms with Gasteiger partial charge in [-0.1, -0.05) is 30.3 Å². The Morgan fingerprint density at radius 1 is 1.00 bits per heavy atom. The maximum absolute atomic E-state index is 12.5. The van der Waals surface area contributed by atoms with Crippen molar-refractivity contribution in [1.82, 2.24) is 10.6 Å². The van der Waals surface area contributed by atoms with Crippen molar-refractivity contribution in [2.45, 2.75) is 19.9 Å². The summed E-state index contributed by atoms with van der Waals surface area (Å²) >= 11 is 0. The van der Waals surface area contributed by atoms with Crippen LogP contribution < -0.4 is 20.9 Å². The van der Waals surface area contributed by atoms with E-state index in [1.54, 1.807) is 24.3 Å². The molecule has 0 aliphatic carbocycles. The van der Waals surface area contributed by atoms with Crippen LogP contribution in [0.1, 0.15) is 24.2 Å². The van der Waals surface area contributed by atoms with Crippen LogP contribution in [0.15, 0.2) is 54.6 Å². The Hall–Kier alpha value is -3.02. The minimum absolute atomic E-state index is 0.0181. The number of rotatable bonds is 7. The molecular weight excluding hydrogens is 328 g/mol. The summed E-state index contributed by atoms with van der Waals surface area (Å²) in [5, 5.41) is 8.37. The van der Waals surface area contributed by atoms with Crippen LogP contribution in [0.4, 0.5) is 16.2 Å². The average molecular weight is 354 g/mol. The number of hydrogen-bond acceptors (Lipinski definition) is 3. The highest BCUT2D eigenvalue weighted by atomic mass is 16.2. The van der Waals surface area contributed by atoms with Gasteiger partial charge in [-0.05, 0) is 38.1 Å². The molecule has 0 radical (unpaired) electrons. The van der Waals surface area contributed by atoms with Crippen LogP contribution in [-0.2, 0) is 0 Å². The molecule has 0 spiro atoms. The van der Waals surface area contributed by atoms with E-state index in [-0.39, 0.29) is 18.0 Å². The van der Waals surface area contributed by atoms with Crippen LogP contribution in [0.2, 0.25) is 0 Å². The molecule has 0 unspecified atom stereocenters. The molecule has 0 saturated heterocycles. The molecule has 2 rings (SSSR count). The van der Waals surface area contributed by atoms with Crippen LogP contribution in [0.5, 0.6) is 0 Å². The fourth-order valence-electron chi connectivity index (χ4n) is 2.45. The van der Waals surface area contributed by atoms with E-state index in [2.05, 4.69) is 20.9 Å². The normalized spacial score (nSPS) is 10.3. The van der Waals surface area contributed by atoms with Gasteiger partial charge in [-0.3, -0.25) is 4.79 Å². The summed E-state index contributed by atoms with van der Waals surface area (Å²) < 4.78 is 0. The molecule has 0 heterocycles. The molecule has 0 saturated carbocycles. The third kappa shape index (κ3) is 5.81. The fourth-order valence-corrected chi connectivity index (χ4v) is 2.45. The van der Waals surface area contributed by atoms with Crippen LogP contribution in [0.25, 0.3) is 0 Å². The van der Waals surface area contributed by atoms with E-state index in [0.717, 1.165) is 5.69 Å². The highest BCUT2D eigenvalue weighted by Gasteiger charge is 2.13. The second-order valence-corrected chi connectivity index (χ2v) is 6.31. The largest absolute Gasteiger partial charge is 0.373 e. The molecule has 3 N–H and O–H groups in total. The number of carbonyl (C=O) groups excluding carboxylic acids is 2. The highest BCUT2D eigenvalue weighted by molar-refractivity contribution is 6.03. The number of anilines is 2. The van der Waals surface area contributed by atoms with Crippen LogP contribution in [-0.4, -0.2) is 38.1 Å². The fraction of sp³-hybridized carbons (Fsp3) is 0.300. The molecule has 2 aromatic rings. The van der Waals surface area contributed by atoms with Gasteiger partial charge in [0, 0.05) is 31.9 Å². The van der Waals surface area contributed by atoms with Gasteiger partial charge in [0.25, 0.3) is 5.91 Å². The Morgan fingerprint density at radius 3 is 2.35 bits per heavy atom. The first-order chi connectivity index (χ1) is 12.5. The SMILES string of the molecule is CC(C)NC(=O)Nc1ccccc1C(=O)NCCN(C)c1ccccc1. The molecule has 2 aromatic carbocycles. The van der Waals surface area contributed by atoms with E-state index in [1.807, 2.05) is 51.2 Å². The first kappa shape index (κ1) is 19.3. The summed E-state index contributed by atoms with van der Waals surface area (Å²) in [6.45, 7) is 4.93. The quantitative estimate of drug-likeness (QED) is 0.715. The third-order valence-electron chi connectivity index (χ3n) is 3.77. The van der Waals surface area contributed by atoms with Crippen molar-refractivity contribution in [3.8, 4) is 0 Å². The van der Waals surface area contributed by atoms with Gasteiger partial charge in [0.15, 0.2) is 0 Å². The first-order valence-electron chi connectivity index (χ1n) is 8.68. The molecule has 0 aromatic heterocycles. The molecule has 6 heteroatoms. The van der Waals surface area contributed by atoms with Gasteiger partial charge in [-0.25, -0.2) is 4.79 Å². The Bertz CT molecular complexity index is 732. The Labute approximate surface area is 154 Å². The molecule has 0 bridgehead atoms. The van der Waals surface area contributed by atoms with Crippen molar-refractivity contribution in [3.63, 3.8) is 0 Å². The summed E-state index contributed by atoms with van der Waals surface area (Å²) in [4.78, 5) is 26.5. The minimum Gasteiger partial charge on any atom is -0.373 e. The lowest BCUT2D eigenvalue weighted by molar-refractivity contribution is 0.0955. The van der Waals surface area contributed by atoms with Gasteiger partial charge in [-0.15, -0.1) is 0 Å². The minimum atomic E-state index is -0.330. The average Bonchev–Trinajstić information content (AvgIpc) is 2.62. The van der Waals surface area contributed by atoms with E-state index in [1.165, 1.54) is 0 Å². The van der Waals surface area contributed by atoms with E-state index in [0.29, 0.717) is 24.3 Å². The molecule has 6 nitrogen and oxygen atoms in total. The number of nitrogens with one attached hydrogen (secondary N) is 3. The van der Waals surface area contributed by atoms with E-state index < -0.39 is 0 Å². The summed E-state index contributed by atoms with van der Waals surface area (Å²) in [5.74, 6) is -0.216. The summed E-state index contributed by atoms with van der Waals surface area (Å²) in [5.41, 5.74) is 2.02. The lowest BCUT2D eigenvalue weighted by Crippen LogP contribution is -2.36. The zero-order valence-corrected chi connectivity index (χ0v) is 15.5. The lowest BCUT2D eigenvalue weighted by atomic mass is 10.1. The van der Waals surface area contributed by atoms with Gasteiger partial charge < -0.3 is 20.9 Å². The predicted octanol–water partition coefficient (Wildman–Crippen LogP) is 3.08. The van der Waals surface area contributed by atoms with Crippen LogP contribution in [0, 0.1) is 0 Å². The maximum atomic E-state index is 12.5. The topological polar surface area (TPSA) is 73.5 Å². The molecule has 0 aliphatic rings. The van der Waals surface area contributed by atoms with Gasteiger partial charge >= 0.3 is 6.03 Å². The van der Waals surface area contributed by atoms with Gasteiger partial charge in [0.1, 0.15) is 0 Å². The van der Waals surface area contributed by atoms with Gasteiger partial charge in [0.05, 0.1) is 11.3 Å². The van der Waals surface area contributed by atoms with Crippen molar-refractivity contribution in [2.24, 2.45) is 0 Å². The molecule has 0 atom stereocenters. The van der Waals surface area contributed by atoms with Crippen molar-refractivity contribution in [2.75, 3.05) is 30.4 Å². The maximum Gasteiger partial charge on any atom is 0.319 e.